The maximum Gasteiger partial charge on any atom is 0.350 e. The first-order valence-electron chi connectivity index (χ1n) is 15.5. The van der Waals surface area contributed by atoms with E-state index in [1.54, 1.807) is 13.8 Å². The molecule has 0 heterocycles. The maximum atomic E-state index is 14.3. The number of carbonyl (C=O) groups is 2. The Labute approximate surface area is 276 Å². The molecule has 0 unspecified atom stereocenters. The van der Waals surface area contributed by atoms with Crippen LogP contribution in [0.1, 0.15) is 26.7 Å². The van der Waals surface area contributed by atoms with Gasteiger partial charge < -0.3 is 19.7 Å². The minimum Gasteiger partial charge on any atom is -0.337 e. The molecule has 4 aromatic rings. The number of urea groups is 2. The van der Waals surface area contributed by atoms with Crippen LogP contribution in [0.25, 0.3) is 0 Å². The third-order valence-electron chi connectivity index (χ3n) is 7.42. The first-order chi connectivity index (χ1) is 22.9. The van der Waals surface area contributed by atoms with Crippen LogP contribution in [-0.2, 0) is 13.6 Å². The van der Waals surface area contributed by atoms with E-state index in [4.69, 9.17) is 9.05 Å². The number of hydrogen-bond acceptors (Lipinski definition) is 6. The lowest BCUT2D eigenvalue weighted by Gasteiger charge is -2.34. The molecule has 0 spiro atoms. The van der Waals surface area contributed by atoms with Crippen LogP contribution >= 0.6 is 7.60 Å². The summed E-state index contributed by atoms with van der Waals surface area (Å²) in [5, 5.41) is 14.7. The van der Waals surface area contributed by atoms with E-state index in [0.717, 1.165) is 0 Å². The number of nitriles is 1. The highest BCUT2D eigenvalue weighted by molar-refractivity contribution is 7.56. The third-order valence-corrected chi connectivity index (χ3v) is 10.2. The lowest BCUT2D eigenvalue weighted by atomic mass is 10.0. The minimum atomic E-state index is -4.05. The van der Waals surface area contributed by atoms with Gasteiger partial charge >= 0.3 is 19.7 Å². The number of rotatable bonds is 15. The van der Waals surface area contributed by atoms with Gasteiger partial charge in [0.25, 0.3) is 0 Å². The maximum absolute atomic E-state index is 14.3. The summed E-state index contributed by atoms with van der Waals surface area (Å²) in [4.78, 5) is 30.3. The van der Waals surface area contributed by atoms with Crippen LogP contribution in [0.15, 0.2) is 121 Å². The average molecular weight is 654 g/mol. The Bertz CT molecular complexity index is 1460. The lowest BCUT2D eigenvalue weighted by Crippen LogP contribution is -2.43. The summed E-state index contributed by atoms with van der Waals surface area (Å²) in [6, 6.07) is 38.1. The second-order valence-corrected chi connectivity index (χ2v) is 12.8. The molecular formula is C36H40N5O5P. The molecule has 0 fully saturated rings. The van der Waals surface area contributed by atoms with Crippen LogP contribution in [0.5, 0.6) is 0 Å². The normalized spacial score (nSPS) is 11.3. The highest BCUT2D eigenvalue weighted by Gasteiger charge is 2.51. The number of benzene rings is 4. The van der Waals surface area contributed by atoms with Crippen molar-refractivity contribution in [2.45, 2.75) is 31.8 Å². The standard InChI is InChI=1S/C36H40N5O5P/c1-3-45-47(44,46-4-2)36(29-37,25-27-38-34(42)40(30-17-9-5-10-18-30)31-19-11-6-12-20-31)26-28-39-35(43)41(32-21-13-7-14-22-32)33-23-15-8-16-24-33/h5-24H,3-4,25-28H2,1-2H3,(H,38,42)(H,39,43). The van der Waals surface area contributed by atoms with E-state index in [2.05, 4.69) is 16.7 Å². The van der Waals surface area contributed by atoms with E-state index in [1.165, 1.54) is 9.80 Å². The molecule has 0 saturated heterocycles. The molecule has 4 rings (SSSR count). The summed E-state index contributed by atoms with van der Waals surface area (Å²) in [5.74, 6) is 0. The molecule has 244 valence electrons. The van der Waals surface area contributed by atoms with Gasteiger partial charge in [-0.2, -0.15) is 5.26 Å². The van der Waals surface area contributed by atoms with Crippen molar-refractivity contribution >= 4 is 42.4 Å². The summed E-state index contributed by atoms with van der Waals surface area (Å²) in [7, 11) is -4.05. The molecule has 0 atom stereocenters. The molecule has 0 radical (unpaired) electrons. The predicted octanol–water partition coefficient (Wildman–Crippen LogP) is 8.39. The Morgan fingerprint density at radius 1 is 0.638 bits per heavy atom. The van der Waals surface area contributed by atoms with Crippen LogP contribution in [0.4, 0.5) is 32.3 Å². The van der Waals surface area contributed by atoms with Gasteiger partial charge in [-0.1, -0.05) is 72.8 Å². The van der Waals surface area contributed by atoms with Gasteiger partial charge in [-0.25, -0.2) is 9.59 Å². The van der Waals surface area contributed by atoms with Gasteiger partial charge in [0.15, 0.2) is 5.16 Å². The van der Waals surface area contributed by atoms with E-state index in [1.807, 2.05) is 121 Å². The fraction of sp³-hybridized carbons (Fsp3) is 0.250. The average Bonchev–Trinajstić information content (AvgIpc) is 3.10. The molecule has 11 heteroatoms. The van der Waals surface area contributed by atoms with Gasteiger partial charge in [0.2, 0.25) is 0 Å². The van der Waals surface area contributed by atoms with Crippen molar-refractivity contribution in [2.24, 2.45) is 0 Å². The summed E-state index contributed by atoms with van der Waals surface area (Å²) in [5.41, 5.74) is 2.62. The molecule has 10 nitrogen and oxygen atoms in total. The number of amides is 4. The first kappa shape index (κ1) is 34.9. The van der Waals surface area contributed by atoms with Crippen molar-refractivity contribution in [1.29, 1.82) is 5.26 Å². The zero-order chi connectivity index (χ0) is 33.5. The molecule has 4 amide bonds. The molecule has 0 aliphatic rings. The second kappa shape index (κ2) is 17.1. The second-order valence-electron chi connectivity index (χ2n) is 10.5. The molecule has 2 N–H and O–H groups in total. The van der Waals surface area contributed by atoms with E-state index in [-0.39, 0.29) is 39.1 Å². The summed E-state index contributed by atoms with van der Waals surface area (Å²) in [6.45, 7) is 3.41. The Morgan fingerprint density at radius 2 is 0.936 bits per heavy atom. The van der Waals surface area contributed by atoms with Gasteiger partial charge in [0.05, 0.1) is 42.0 Å². The Kier molecular flexibility index (Phi) is 12.7. The topological polar surface area (TPSA) is 124 Å². The van der Waals surface area contributed by atoms with Crippen molar-refractivity contribution in [3.63, 3.8) is 0 Å². The number of anilines is 4. The zero-order valence-corrected chi connectivity index (χ0v) is 27.5. The van der Waals surface area contributed by atoms with Crippen LogP contribution in [-0.4, -0.2) is 43.5 Å². The van der Waals surface area contributed by atoms with Crippen LogP contribution < -0.4 is 20.4 Å². The van der Waals surface area contributed by atoms with Crippen LogP contribution in [0, 0.1) is 11.3 Å². The number of para-hydroxylation sites is 4. The highest BCUT2D eigenvalue weighted by atomic mass is 31.2. The highest BCUT2D eigenvalue weighted by Crippen LogP contribution is 2.62. The number of carbonyl (C=O) groups excluding carboxylic acids is 2. The molecule has 0 saturated carbocycles. The Morgan fingerprint density at radius 3 is 1.19 bits per heavy atom. The van der Waals surface area contributed by atoms with Crippen molar-refractivity contribution in [3.05, 3.63) is 121 Å². The molecular weight excluding hydrogens is 613 g/mol. The largest absolute Gasteiger partial charge is 0.350 e. The minimum absolute atomic E-state index is 0.0131. The quantitative estimate of drug-likeness (QED) is 0.124. The van der Waals surface area contributed by atoms with Gasteiger partial charge in [-0.15, -0.1) is 0 Å². The van der Waals surface area contributed by atoms with Gasteiger partial charge in [-0.05, 0) is 75.2 Å². The van der Waals surface area contributed by atoms with E-state index >= 15 is 0 Å². The molecule has 0 bridgehead atoms. The van der Waals surface area contributed by atoms with Gasteiger partial charge in [0, 0.05) is 13.1 Å². The monoisotopic (exact) mass is 653 g/mol. The van der Waals surface area contributed by atoms with E-state index in [9.17, 15) is 19.4 Å². The molecule has 0 aromatic heterocycles. The van der Waals surface area contributed by atoms with E-state index < -0.39 is 24.8 Å². The zero-order valence-electron chi connectivity index (χ0n) is 26.6. The van der Waals surface area contributed by atoms with Gasteiger partial charge in [-0.3, -0.25) is 14.4 Å². The summed E-state index contributed by atoms with van der Waals surface area (Å²) in [6.07, 6.45) is -0.109. The van der Waals surface area contributed by atoms with Crippen molar-refractivity contribution < 1.29 is 23.2 Å². The van der Waals surface area contributed by atoms with Crippen LogP contribution in [0.3, 0.4) is 0 Å². The smallest absolute Gasteiger partial charge is 0.337 e. The molecule has 47 heavy (non-hydrogen) atoms. The lowest BCUT2D eigenvalue weighted by molar-refractivity contribution is 0.198. The first-order valence-corrected chi connectivity index (χ1v) is 17.1. The van der Waals surface area contributed by atoms with Crippen LogP contribution in [0.2, 0.25) is 0 Å². The molecule has 0 aliphatic carbocycles. The van der Waals surface area contributed by atoms with Crippen molar-refractivity contribution in [2.75, 3.05) is 36.1 Å². The SMILES string of the molecule is CCOP(=O)(OCC)C(C#N)(CCNC(=O)N(c1ccccc1)c1ccccc1)CCNC(=O)N(c1ccccc1)c1ccccc1. The molecule has 4 aromatic carbocycles. The van der Waals surface area contributed by atoms with Crippen molar-refractivity contribution in [3.8, 4) is 6.07 Å². The van der Waals surface area contributed by atoms with Gasteiger partial charge in [0.1, 0.15) is 0 Å². The predicted molar refractivity (Wildman–Crippen MR) is 185 cm³/mol. The summed E-state index contributed by atoms with van der Waals surface area (Å²) >= 11 is 0. The Hall–Kier alpha value is -4.94. The van der Waals surface area contributed by atoms with Crippen molar-refractivity contribution in [1.82, 2.24) is 10.6 Å². The van der Waals surface area contributed by atoms with E-state index in [0.29, 0.717) is 22.7 Å². The number of nitrogens with zero attached hydrogens (tertiary/aromatic N) is 3. The fourth-order valence-corrected chi connectivity index (χ4v) is 7.32. The number of nitrogens with one attached hydrogen (secondary N) is 2. The molecule has 0 aliphatic heterocycles. The number of hydrogen-bond donors (Lipinski definition) is 2. The summed E-state index contributed by atoms with van der Waals surface area (Å²) < 4.78 is 25.6. The fourth-order valence-electron chi connectivity index (χ4n) is 5.18. The Balaban J connectivity index is 1.54. The third kappa shape index (κ3) is 8.66.